The number of halogens is 2. The summed E-state index contributed by atoms with van der Waals surface area (Å²) in [6, 6.07) is 8.43. The molecule has 8 heteroatoms. The molecule has 0 aliphatic rings. The van der Waals surface area contributed by atoms with Crippen molar-refractivity contribution in [3.8, 4) is 0 Å². The molecule has 0 aliphatic heterocycles. The van der Waals surface area contributed by atoms with Gasteiger partial charge in [-0.25, -0.2) is 9.97 Å². The molecule has 128 valence electrons. The van der Waals surface area contributed by atoms with E-state index in [0.717, 1.165) is 10.9 Å². The Balaban J connectivity index is 0.00000144. The van der Waals surface area contributed by atoms with E-state index in [4.69, 9.17) is 23.2 Å². The van der Waals surface area contributed by atoms with Crippen LogP contribution < -0.4 is 10.9 Å². The van der Waals surface area contributed by atoms with Gasteiger partial charge < -0.3 is 10.3 Å². The summed E-state index contributed by atoms with van der Waals surface area (Å²) in [7, 11) is 0. The zero-order valence-electron chi connectivity index (χ0n) is 12.1. The number of aromatic amines is 1. The van der Waals surface area contributed by atoms with Crippen LogP contribution in [0.3, 0.4) is 0 Å². The van der Waals surface area contributed by atoms with Crippen molar-refractivity contribution in [1.29, 1.82) is 0 Å². The molecular formula is C16H18Cl2N4OS. The Morgan fingerprint density at radius 3 is 2.67 bits per heavy atom. The summed E-state index contributed by atoms with van der Waals surface area (Å²) in [6.07, 6.45) is 1.55. The van der Waals surface area contributed by atoms with Crippen molar-refractivity contribution in [2.24, 2.45) is 0 Å². The first-order valence-corrected chi connectivity index (χ1v) is 7.36. The normalized spacial score (nSPS) is 11.3. The Kier molecular flexibility index (Phi) is 7.08. The fourth-order valence-electron chi connectivity index (χ4n) is 2.19. The highest BCUT2D eigenvalue weighted by atomic mass is 35.5. The molecule has 0 fully saturated rings. The Bertz CT molecular complexity index is 901. The van der Waals surface area contributed by atoms with Gasteiger partial charge in [0.2, 0.25) is 5.95 Å². The predicted molar refractivity (Wildman–Crippen MR) is 106 cm³/mol. The first-order chi connectivity index (χ1) is 10.5. The third-order valence-electron chi connectivity index (χ3n) is 3.27. The lowest BCUT2D eigenvalue weighted by Gasteiger charge is -2.14. The number of anilines is 1. The molecule has 0 spiro atoms. The van der Waals surface area contributed by atoms with Crippen molar-refractivity contribution in [3.63, 3.8) is 0 Å². The largest absolute Gasteiger partial charge is 0.347 e. The van der Waals surface area contributed by atoms with Gasteiger partial charge in [0, 0.05) is 27.7 Å². The van der Waals surface area contributed by atoms with Crippen LogP contribution in [-0.4, -0.2) is 15.0 Å². The quantitative estimate of drug-likeness (QED) is 0.649. The van der Waals surface area contributed by atoms with Crippen molar-refractivity contribution in [1.82, 2.24) is 15.0 Å². The Labute approximate surface area is 156 Å². The topological polar surface area (TPSA) is 70.7 Å². The summed E-state index contributed by atoms with van der Waals surface area (Å²) in [6.45, 7) is 1.85. The molecule has 0 saturated carbocycles. The van der Waals surface area contributed by atoms with E-state index in [1.54, 1.807) is 30.5 Å². The number of nitrogens with zero attached hydrogens (tertiary/aromatic N) is 2. The molecule has 3 aromatic rings. The lowest BCUT2D eigenvalue weighted by atomic mass is 10.1. The van der Waals surface area contributed by atoms with Crippen LogP contribution in [0.2, 0.25) is 10.2 Å². The molecule has 0 bridgehead atoms. The number of nitrogens with one attached hydrogen (secondary N) is 2. The Morgan fingerprint density at radius 1 is 1.21 bits per heavy atom. The van der Waals surface area contributed by atoms with Crippen molar-refractivity contribution in [3.05, 3.63) is 62.6 Å². The third-order valence-corrected chi connectivity index (χ3v) is 3.71. The maximum Gasteiger partial charge on any atom is 0.253 e. The molecule has 3 rings (SSSR count). The molecular weight excluding hydrogens is 367 g/mol. The summed E-state index contributed by atoms with van der Waals surface area (Å²) in [5, 5.41) is 4.88. The highest BCUT2D eigenvalue weighted by Gasteiger charge is 2.12. The minimum atomic E-state index is -0.286. The summed E-state index contributed by atoms with van der Waals surface area (Å²) in [5.41, 5.74) is 1.14. The number of fused-ring (bicyclic) bond motifs is 1. The van der Waals surface area contributed by atoms with Crippen molar-refractivity contribution < 1.29 is 0 Å². The lowest BCUT2D eigenvalue weighted by Crippen LogP contribution is -2.20. The number of H-pyrrole nitrogens is 1. The van der Waals surface area contributed by atoms with Gasteiger partial charge in [0.1, 0.15) is 5.15 Å². The van der Waals surface area contributed by atoms with Gasteiger partial charge in [0.05, 0.1) is 6.04 Å². The summed E-state index contributed by atoms with van der Waals surface area (Å²) in [4.78, 5) is 23.2. The van der Waals surface area contributed by atoms with Gasteiger partial charge in [0.15, 0.2) is 0 Å². The number of hydrogen-bond donors (Lipinski definition) is 2. The number of aromatic nitrogens is 3. The van der Waals surface area contributed by atoms with Gasteiger partial charge in [-0.3, -0.25) is 4.79 Å². The van der Waals surface area contributed by atoms with Crippen molar-refractivity contribution in [2.45, 2.75) is 20.4 Å². The summed E-state index contributed by atoms with van der Waals surface area (Å²) in [5.74, 6) is 0.366. The van der Waals surface area contributed by atoms with Gasteiger partial charge in [-0.1, -0.05) is 30.6 Å². The highest BCUT2D eigenvalue weighted by Crippen LogP contribution is 2.21. The zero-order chi connectivity index (χ0) is 15.7. The standard InChI is InChI=1S/C15H12Cl2N4O.CH4.H2S/c1-8(19-15-18-5-4-13(17)21-15)11-7-9-6-10(16)2-3-12(9)20-14(11)22;;/h2-8H,1H3,(H,20,22)(H,18,19,21);1H4;1H2/t8-;;/m0../s1. The van der Waals surface area contributed by atoms with E-state index in [2.05, 4.69) is 20.3 Å². The monoisotopic (exact) mass is 384 g/mol. The molecule has 0 amide bonds. The van der Waals surface area contributed by atoms with E-state index in [1.807, 2.05) is 13.0 Å². The molecule has 1 aromatic carbocycles. The molecule has 5 nitrogen and oxygen atoms in total. The van der Waals surface area contributed by atoms with Crippen LogP contribution >= 0.6 is 36.7 Å². The summed E-state index contributed by atoms with van der Waals surface area (Å²) < 4.78 is 0. The molecule has 2 heterocycles. The van der Waals surface area contributed by atoms with Crippen molar-refractivity contribution in [2.75, 3.05) is 5.32 Å². The second-order valence-corrected chi connectivity index (χ2v) is 5.68. The third kappa shape index (κ3) is 4.41. The average Bonchev–Trinajstić information content (AvgIpc) is 2.47. The first-order valence-electron chi connectivity index (χ1n) is 6.60. The number of pyridine rings is 1. The number of benzene rings is 1. The molecule has 2 N–H and O–H groups in total. The number of hydrogen-bond acceptors (Lipinski definition) is 4. The van der Waals surface area contributed by atoms with Crippen LogP contribution in [-0.2, 0) is 0 Å². The first kappa shape index (κ1) is 20.3. The molecule has 0 radical (unpaired) electrons. The maximum absolute atomic E-state index is 12.2. The van der Waals surface area contributed by atoms with E-state index in [-0.39, 0.29) is 32.5 Å². The van der Waals surface area contributed by atoms with Gasteiger partial charge in [0.25, 0.3) is 5.56 Å². The van der Waals surface area contributed by atoms with E-state index in [1.165, 1.54) is 0 Å². The maximum atomic E-state index is 12.2. The smallest absolute Gasteiger partial charge is 0.253 e. The zero-order valence-corrected chi connectivity index (χ0v) is 14.6. The van der Waals surface area contributed by atoms with Gasteiger partial charge in [-0.05, 0) is 37.3 Å². The van der Waals surface area contributed by atoms with E-state index in [0.29, 0.717) is 21.7 Å². The molecule has 2 aromatic heterocycles. The second-order valence-electron chi connectivity index (χ2n) is 4.85. The van der Waals surface area contributed by atoms with E-state index < -0.39 is 0 Å². The van der Waals surface area contributed by atoms with Crippen LogP contribution in [0.15, 0.2) is 41.3 Å². The number of rotatable bonds is 3. The lowest BCUT2D eigenvalue weighted by molar-refractivity contribution is 0.845. The molecule has 1 atom stereocenters. The highest BCUT2D eigenvalue weighted by molar-refractivity contribution is 7.59. The van der Waals surface area contributed by atoms with E-state index >= 15 is 0 Å². The molecule has 24 heavy (non-hydrogen) atoms. The summed E-state index contributed by atoms with van der Waals surface area (Å²) >= 11 is 11.8. The van der Waals surface area contributed by atoms with E-state index in [9.17, 15) is 4.79 Å². The van der Waals surface area contributed by atoms with Gasteiger partial charge in [-0.2, -0.15) is 13.5 Å². The van der Waals surface area contributed by atoms with Crippen LogP contribution in [0.25, 0.3) is 10.9 Å². The van der Waals surface area contributed by atoms with Crippen LogP contribution in [0.5, 0.6) is 0 Å². The fraction of sp³-hybridized carbons (Fsp3) is 0.188. The Morgan fingerprint density at radius 2 is 1.96 bits per heavy atom. The molecule has 0 unspecified atom stereocenters. The second kappa shape index (κ2) is 8.37. The minimum Gasteiger partial charge on any atom is -0.347 e. The van der Waals surface area contributed by atoms with Crippen molar-refractivity contribution >= 4 is 53.5 Å². The molecule has 0 saturated heterocycles. The van der Waals surface area contributed by atoms with Crippen LogP contribution in [0.1, 0.15) is 26.0 Å². The Hall–Kier alpha value is -1.76. The average molecular weight is 385 g/mol. The van der Waals surface area contributed by atoms with Gasteiger partial charge in [-0.15, -0.1) is 0 Å². The predicted octanol–water partition coefficient (Wildman–Crippen LogP) is 4.55. The fourth-order valence-corrected chi connectivity index (χ4v) is 2.51. The SMILES string of the molecule is C.C[C@H](Nc1nccc(Cl)n1)c1cc2cc(Cl)ccc2[nH]c1=O.S. The minimum absolute atomic E-state index is 0. The molecule has 0 aliphatic carbocycles. The van der Waals surface area contributed by atoms with Crippen LogP contribution in [0.4, 0.5) is 5.95 Å². The van der Waals surface area contributed by atoms with Crippen LogP contribution in [0, 0.1) is 0 Å². The van der Waals surface area contributed by atoms with Gasteiger partial charge >= 0.3 is 0 Å².